The molecule has 0 bridgehead atoms. The summed E-state index contributed by atoms with van der Waals surface area (Å²) in [6.07, 6.45) is 0. The molecule has 0 spiro atoms. The lowest BCUT2D eigenvalue weighted by molar-refractivity contribution is 1.19. The fourth-order valence-corrected chi connectivity index (χ4v) is 8.43. The highest BCUT2D eigenvalue weighted by Gasteiger charge is 2.15. The van der Waals surface area contributed by atoms with E-state index in [9.17, 15) is 0 Å². The zero-order valence-corrected chi connectivity index (χ0v) is 30.2. The van der Waals surface area contributed by atoms with Crippen molar-refractivity contribution in [3.63, 3.8) is 0 Å². The molecule has 11 rings (SSSR count). The lowest BCUT2D eigenvalue weighted by Crippen LogP contribution is -1.94. The maximum Gasteiger partial charge on any atom is 0.0547 e. The Morgan fingerprint density at radius 2 is 0.564 bits per heavy atom. The SMILES string of the molecule is c1ccc(-c2ccc3c4ccc(-c5ccc(-c6ccc7cc(-c8ccc9ccccc9c8)ccc7c6)cc5)cc4n(-c4ccc5ccccc5c4)c3c2)cc1. The molecule has 0 aliphatic carbocycles. The molecule has 11 aromatic rings. The van der Waals surface area contributed by atoms with Crippen LogP contribution in [-0.2, 0) is 0 Å². The molecule has 0 fully saturated rings. The van der Waals surface area contributed by atoms with Crippen molar-refractivity contribution in [3.05, 3.63) is 212 Å². The minimum atomic E-state index is 1.16. The number of hydrogen-bond donors (Lipinski definition) is 0. The van der Waals surface area contributed by atoms with Crippen LogP contribution in [0, 0.1) is 0 Å². The van der Waals surface area contributed by atoms with Crippen LogP contribution in [0.1, 0.15) is 0 Å². The minimum absolute atomic E-state index is 1.16. The van der Waals surface area contributed by atoms with Crippen molar-refractivity contribution in [3.8, 4) is 50.2 Å². The first-order valence-corrected chi connectivity index (χ1v) is 19.0. The van der Waals surface area contributed by atoms with Crippen molar-refractivity contribution < 1.29 is 0 Å². The second-order valence-corrected chi connectivity index (χ2v) is 14.6. The molecule has 1 heteroatoms. The molecule has 1 heterocycles. The number of fused-ring (bicyclic) bond motifs is 6. The molecule has 0 radical (unpaired) electrons. The summed E-state index contributed by atoms with van der Waals surface area (Å²) in [6, 6.07) is 77.9. The van der Waals surface area contributed by atoms with Crippen LogP contribution < -0.4 is 0 Å². The van der Waals surface area contributed by atoms with E-state index in [2.05, 4.69) is 217 Å². The summed E-state index contributed by atoms with van der Waals surface area (Å²) in [5, 5.41) is 10.0. The zero-order valence-electron chi connectivity index (χ0n) is 30.2. The largest absolute Gasteiger partial charge is 0.309 e. The van der Waals surface area contributed by atoms with E-state index in [0.29, 0.717) is 0 Å². The van der Waals surface area contributed by atoms with Gasteiger partial charge in [0.15, 0.2) is 0 Å². The summed E-state index contributed by atoms with van der Waals surface area (Å²) in [7, 11) is 0. The topological polar surface area (TPSA) is 4.93 Å². The molecule has 0 saturated heterocycles. The highest BCUT2D eigenvalue weighted by atomic mass is 15.0. The molecule has 0 aliphatic rings. The number of benzene rings is 10. The highest BCUT2D eigenvalue weighted by molar-refractivity contribution is 6.11. The Morgan fingerprint density at radius 1 is 0.218 bits per heavy atom. The van der Waals surface area contributed by atoms with E-state index in [1.165, 1.54) is 98.6 Å². The molecule has 1 nitrogen and oxygen atoms in total. The van der Waals surface area contributed by atoms with Crippen LogP contribution in [0.4, 0.5) is 0 Å². The Hall–Kier alpha value is -7.22. The van der Waals surface area contributed by atoms with Crippen LogP contribution >= 0.6 is 0 Å². The Kier molecular flexibility index (Phi) is 7.25. The third-order valence-electron chi connectivity index (χ3n) is 11.3. The van der Waals surface area contributed by atoms with E-state index in [-0.39, 0.29) is 0 Å². The molecule has 55 heavy (non-hydrogen) atoms. The average Bonchev–Trinajstić information content (AvgIpc) is 3.59. The summed E-state index contributed by atoms with van der Waals surface area (Å²) >= 11 is 0. The lowest BCUT2D eigenvalue weighted by Gasteiger charge is -2.11. The minimum Gasteiger partial charge on any atom is -0.309 e. The monoisotopic (exact) mass is 697 g/mol. The summed E-state index contributed by atoms with van der Waals surface area (Å²) < 4.78 is 2.45. The normalized spacial score (nSPS) is 11.6. The maximum atomic E-state index is 2.45. The number of hydrogen-bond acceptors (Lipinski definition) is 0. The van der Waals surface area contributed by atoms with Gasteiger partial charge in [0.25, 0.3) is 0 Å². The van der Waals surface area contributed by atoms with Gasteiger partial charge < -0.3 is 4.57 Å². The van der Waals surface area contributed by atoms with Crippen LogP contribution in [-0.4, -0.2) is 4.57 Å². The first kappa shape index (κ1) is 31.3. The summed E-state index contributed by atoms with van der Waals surface area (Å²) in [5.41, 5.74) is 13.3. The van der Waals surface area contributed by atoms with E-state index in [0.717, 1.165) is 5.69 Å². The van der Waals surface area contributed by atoms with Crippen molar-refractivity contribution in [2.45, 2.75) is 0 Å². The lowest BCUT2D eigenvalue weighted by atomic mass is 9.95. The van der Waals surface area contributed by atoms with Gasteiger partial charge in [-0.1, -0.05) is 170 Å². The van der Waals surface area contributed by atoms with Crippen LogP contribution in [0.3, 0.4) is 0 Å². The Labute approximate surface area is 320 Å². The molecular formula is C54H35N. The third kappa shape index (κ3) is 5.48. The van der Waals surface area contributed by atoms with Crippen LogP contribution in [0.2, 0.25) is 0 Å². The molecular weight excluding hydrogens is 663 g/mol. The van der Waals surface area contributed by atoms with Gasteiger partial charge in [0.2, 0.25) is 0 Å². The van der Waals surface area contributed by atoms with E-state index >= 15 is 0 Å². The van der Waals surface area contributed by atoms with E-state index in [4.69, 9.17) is 0 Å². The summed E-state index contributed by atoms with van der Waals surface area (Å²) in [4.78, 5) is 0. The molecule has 0 amide bonds. The first-order chi connectivity index (χ1) is 27.2. The smallest absolute Gasteiger partial charge is 0.0547 e. The third-order valence-corrected chi connectivity index (χ3v) is 11.3. The molecule has 0 N–H and O–H groups in total. The molecule has 10 aromatic carbocycles. The average molecular weight is 698 g/mol. The Balaban J connectivity index is 0.965. The number of rotatable bonds is 5. The van der Waals surface area contributed by atoms with Crippen LogP contribution in [0.15, 0.2) is 212 Å². The predicted molar refractivity (Wildman–Crippen MR) is 235 cm³/mol. The molecule has 0 saturated carbocycles. The molecule has 256 valence electrons. The van der Waals surface area contributed by atoms with Crippen molar-refractivity contribution in [1.29, 1.82) is 0 Å². The Morgan fingerprint density at radius 3 is 1.11 bits per heavy atom. The first-order valence-electron chi connectivity index (χ1n) is 19.0. The Bertz CT molecular complexity index is 3240. The van der Waals surface area contributed by atoms with Gasteiger partial charge in [0.05, 0.1) is 11.0 Å². The van der Waals surface area contributed by atoms with Gasteiger partial charge >= 0.3 is 0 Å². The molecule has 0 atom stereocenters. The predicted octanol–water partition coefficient (Wildman–Crippen LogP) is 14.9. The fourth-order valence-electron chi connectivity index (χ4n) is 8.43. The van der Waals surface area contributed by atoms with Gasteiger partial charge in [0, 0.05) is 16.5 Å². The highest BCUT2D eigenvalue weighted by Crippen LogP contribution is 2.38. The summed E-state index contributed by atoms with van der Waals surface area (Å²) in [5.74, 6) is 0. The van der Waals surface area contributed by atoms with Gasteiger partial charge in [-0.15, -0.1) is 0 Å². The van der Waals surface area contributed by atoms with E-state index in [1.807, 2.05) is 0 Å². The van der Waals surface area contributed by atoms with Gasteiger partial charge in [-0.05, 0) is 119 Å². The molecule has 1 aromatic heterocycles. The van der Waals surface area contributed by atoms with Gasteiger partial charge in [-0.2, -0.15) is 0 Å². The van der Waals surface area contributed by atoms with E-state index in [1.54, 1.807) is 0 Å². The molecule has 0 aliphatic heterocycles. The second-order valence-electron chi connectivity index (χ2n) is 14.6. The van der Waals surface area contributed by atoms with E-state index < -0.39 is 0 Å². The fraction of sp³-hybridized carbons (Fsp3) is 0. The number of nitrogens with zero attached hydrogens (tertiary/aromatic N) is 1. The van der Waals surface area contributed by atoms with Crippen molar-refractivity contribution in [2.75, 3.05) is 0 Å². The molecule has 0 unspecified atom stereocenters. The van der Waals surface area contributed by atoms with Crippen molar-refractivity contribution in [1.82, 2.24) is 4.57 Å². The van der Waals surface area contributed by atoms with Crippen molar-refractivity contribution in [2.24, 2.45) is 0 Å². The van der Waals surface area contributed by atoms with Gasteiger partial charge in [0.1, 0.15) is 0 Å². The zero-order chi connectivity index (χ0) is 36.3. The van der Waals surface area contributed by atoms with Crippen LogP contribution in [0.5, 0.6) is 0 Å². The van der Waals surface area contributed by atoms with Crippen LogP contribution in [0.25, 0.3) is 104 Å². The van der Waals surface area contributed by atoms with Gasteiger partial charge in [-0.25, -0.2) is 0 Å². The summed E-state index contributed by atoms with van der Waals surface area (Å²) in [6.45, 7) is 0. The number of aromatic nitrogens is 1. The maximum absolute atomic E-state index is 2.45. The van der Waals surface area contributed by atoms with Crippen molar-refractivity contribution >= 4 is 54.1 Å². The van der Waals surface area contributed by atoms with Gasteiger partial charge in [-0.3, -0.25) is 0 Å². The quantitative estimate of drug-likeness (QED) is 0.169. The second kappa shape index (κ2) is 12.7. The standard InChI is InChI=1S/C54H35N/c1-2-8-36(9-3-1)48-25-28-51-52-29-26-49(35-54(52)55(53(51)34-48)50-27-24-38-11-5-7-13-42(38)33-50)40-16-14-39(15-17-40)43-20-21-46-32-47(23-22-45(46)31-43)44-19-18-37-10-4-6-12-41(37)30-44/h1-35H.